The highest BCUT2D eigenvalue weighted by molar-refractivity contribution is 6.46. The van der Waals surface area contributed by atoms with Gasteiger partial charge in [-0.25, -0.2) is 4.39 Å². The van der Waals surface area contributed by atoms with Gasteiger partial charge in [-0.15, -0.1) is 0 Å². The number of likely N-dealkylation sites (tertiary alicyclic amines) is 1. The lowest BCUT2D eigenvalue weighted by Gasteiger charge is -2.31. The van der Waals surface area contributed by atoms with Gasteiger partial charge in [0, 0.05) is 31.7 Å². The zero-order valence-electron chi connectivity index (χ0n) is 19.4. The zero-order valence-corrected chi connectivity index (χ0v) is 19.4. The van der Waals surface area contributed by atoms with E-state index in [1.54, 1.807) is 37.3 Å². The third-order valence-corrected chi connectivity index (χ3v) is 6.25. The summed E-state index contributed by atoms with van der Waals surface area (Å²) in [6.07, 6.45) is 0. The molecule has 0 bridgehead atoms. The highest BCUT2D eigenvalue weighted by Gasteiger charge is 2.46. The Morgan fingerprint density at radius 1 is 1.12 bits per heavy atom. The molecule has 2 aromatic carbocycles. The predicted molar refractivity (Wildman–Crippen MR) is 125 cm³/mol. The van der Waals surface area contributed by atoms with Crippen LogP contribution in [0.3, 0.4) is 0 Å². The van der Waals surface area contributed by atoms with Gasteiger partial charge in [0.2, 0.25) is 0 Å². The largest absolute Gasteiger partial charge is 0.507 e. The number of aryl methyl sites for hydroxylation is 1. The molecule has 34 heavy (non-hydrogen) atoms. The summed E-state index contributed by atoms with van der Waals surface area (Å²) >= 11 is 0. The van der Waals surface area contributed by atoms with Crippen molar-refractivity contribution in [1.82, 2.24) is 9.80 Å². The minimum atomic E-state index is -0.812. The van der Waals surface area contributed by atoms with Crippen molar-refractivity contribution < 1.29 is 28.6 Å². The summed E-state index contributed by atoms with van der Waals surface area (Å²) < 4.78 is 24.5. The molecule has 4 rings (SSSR count). The third kappa shape index (κ3) is 4.83. The minimum absolute atomic E-state index is 0.00541. The van der Waals surface area contributed by atoms with Gasteiger partial charge in [0.05, 0.1) is 31.4 Å². The van der Waals surface area contributed by atoms with Crippen molar-refractivity contribution in [2.45, 2.75) is 19.9 Å². The van der Waals surface area contributed by atoms with Crippen LogP contribution >= 0.6 is 0 Å². The van der Waals surface area contributed by atoms with Crippen LogP contribution in [0, 0.1) is 12.7 Å². The fourth-order valence-electron chi connectivity index (χ4n) is 4.48. The summed E-state index contributed by atoms with van der Waals surface area (Å²) in [5.74, 6) is -1.44. The normalized spacial score (nSPS) is 20.7. The molecule has 2 aromatic rings. The number of hydrogen-bond donors (Lipinski definition) is 1. The van der Waals surface area contributed by atoms with Gasteiger partial charge in [0.1, 0.15) is 17.3 Å². The van der Waals surface area contributed by atoms with Crippen LogP contribution in [0.15, 0.2) is 48.0 Å². The fraction of sp³-hybridized carbons (Fsp3) is 0.385. The Hall–Kier alpha value is -3.23. The number of rotatable bonds is 7. The van der Waals surface area contributed by atoms with Gasteiger partial charge in [-0.2, -0.15) is 0 Å². The number of nitrogens with zero attached hydrogens (tertiary/aromatic N) is 2. The molecule has 2 fully saturated rings. The zero-order chi connectivity index (χ0) is 24.2. The smallest absolute Gasteiger partial charge is 0.295 e. The first-order chi connectivity index (χ1) is 16.4. The Morgan fingerprint density at radius 3 is 2.47 bits per heavy atom. The van der Waals surface area contributed by atoms with Crippen molar-refractivity contribution >= 4 is 17.4 Å². The first-order valence-electron chi connectivity index (χ1n) is 11.5. The number of halogens is 1. The minimum Gasteiger partial charge on any atom is -0.507 e. The lowest BCUT2D eigenvalue weighted by atomic mass is 9.94. The molecule has 8 heteroatoms. The first-order valence-corrected chi connectivity index (χ1v) is 11.5. The van der Waals surface area contributed by atoms with E-state index in [2.05, 4.69) is 4.90 Å². The van der Waals surface area contributed by atoms with Gasteiger partial charge < -0.3 is 19.5 Å². The van der Waals surface area contributed by atoms with Crippen LogP contribution < -0.4 is 4.74 Å². The second-order valence-corrected chi connectivity index (χ2v) is 8.41. The molecule has 0 spiro atoms. The Morgan fingerprint density at radius 2 is 1.82 bits per heavy atom. The van der Waals surface area contributed by atoms with E-state index >= 15 is 0 Å². The van der Waals surface area contributed by atoms with Crippen molar-refractivity contribution in [2.75, 3.05) is 46.0 Å². The molecular weight excluding hydrogens is 439 g/mol. The Bertz CT molecular complexity index is 1090. The number of aliphatic hydroxyl groups excluding tert-OH is 1. The first kappa shape index (κ1) is 23.9. The van der Waals surface area contributed by atoms with Gasteiger partial charge in [0.25, 0.3) is 11.7 Å². The van der Waals surface area contributed by atoms with E-state index in [9.17, 15) is 19.1 Å². The molecular formula is C26H29FN2O5. The average molecular weight is 469 g/mol. The number of hydrogen-bond acceptors (Lipinski definition) is 6. The van der Waals surface area contributed by atoms with E-state index in [-0.39, 0.29) is 11.3 Å². The average Bonchev–Trinajstić information content (AvgIpc) is 3.08. The van der Waals surface area contributed by atoms with Crippen molar-refractivity contribution in [2.24, 2.45) is 0 Å². The van der Waals surface area contributed by atoms with Crippen LogP contribution in [-0.2, 0) is 14.3 Å². The number of ketones is 1. The maximum atomic E-state index is 13.7. The van der Waals surface area contributed by atoms with Crippen molar-refractivity contribution in [3.05, 3.63) is 70.5 Å². The van der Waals surface area contributed by atoms with E-state index in [1.807, 2.05) is 6.92 Å². The Kier molecular flexibility index (Phi) is 7.29. The summed E-state index contributed by atoms with van der Waals surface area (Å²) in [4.78, 5) is 29.9. The second-order valence-electron chi connectivity index (χ2n) is 8.41. The van der Waals surface area contributed by atoms with Crippen LogP contribution in [0.5, 0.6) is 5.75 Å². The van der Waals surface area contributed by atoms with Crippen molar-refractivity contribution in [3.63, 3.8) is 0 Å². The maximum Gasteiger partial charge on any atom is 0.295 e. The molecule has 7 nitrogen and oxygen atoms in total. The van der Waals surface area contributed by atoms with Crippen LogP contribution in [0.1, 0.15) is 29.7 Å². The summed E-state index contributed by atoms with van der Waals surface area (Å²) in [5, 5.41) is 11.3. The van der Waals surface area contributed by atoms with Crippen LogP contribution in [-0.4, -0.2) is 72.6 Å². The molecule has 1 atom stereocenters. The van der Waals surface area contributed by atoms with Gasteiger partial charge >= 0.3 is 0 Å². The predicted octanol–water partition coefficient (Wildman–Crippen LogP) is 3.29. The topological polar surface area (TPSA) is 79.3 Å². The summed E-state index contributed by atoms with van der Waals surface area (Å²) in [6, 6.07) is 10.0. The van der Waals surface area contributed by atoms with E-state index in [0.717, 1.165) is 13.1 Å². The van der Waals surface area contributed by atoms with Gasteiger partial charge in [-0.05, 0) is 55.3 Å². The number of carbonyl (C=O) groups excluding carboxylic acids is 2. The number of ether oxygens (including phenoxy) is 2. The number of carbonyl (C=O) groups is 2. The Balaban J connectivity index is 1.74. The lowest BCUT2D eigenvalue weighted by Crippen LogP contribution is -2.42. The van der Waals surface area contributed by atoms with Gasteiger partial charge in [0.15, 0.2) is 0 Å². The number of morpholine rings is 1. The van der Waals surface area contributed by atoms with E-state index in [4.69, 9.17) is 9.47 Å². The molecule has 0 unspecified atom stereocenters. The molecule has 2 saturated heterocycles. The van der Waals surface area contributed by atoms with Gasteiger partial charge in [-0.3, -0.25) is 14.5 Å². The standard InChI is InChI=1S/C26H29FN2O5/c1-3-34-20-8-9-21(17(2)16-20)24(30)22-23(18-4-6-19(27)7-5-18)29(26(32)25(22)31)11-10-28-12-14-33-15-13-28/h4-9,16,23,30H,3,10-15H2,1-2H3/t23-/m1/s1. The molecule has 2 heterocycles. The van der Waals surface area contributed by atoms with Crippen molar-refractivity contribution in [3.8, 4) is 5.75 Å². The van der Waals surface area contributed by atoms with Crippen LogP contribution in [0.25, 0.3) is 5.76 Å². The number of aliphatic hydroxyl groups is 1. The number of benzene rings is 2. The van der Waals surface area contributed by atoms with Crippen molar-refractivity contribution in [1.29, 1.82) is 0 Å². The molecule has 2 aliphatic heterocycles. The molecule has 0 aliphatic carbocycles. The number of amides is 1. The highest BCUT2D eigenvalue weighted by Crippen LogP contribution is 2.40. The molecule has 1 N–H and O–H groups in total. The Labute approximate surface area is 198 Å². The van der Waals surface area contributed by atoms with E-state index in [1.165, 1.54) is 17.0 Å². The molecule has 0 aromatic heterocycles. The highest BCUT2D eigenvalue weighted by atomic mass is 19.1. The molecule has 1 amide bonds. The van der Waals surface area contributed by atoms with Crippen LogP contribution in [0.2, 0.25) is 0 Å². The monoisotopic (exact) mass is 468 g/mol. The van der Waals surface area contributed by atoms with E-state index in [0.29, 0.717) is 55.4 Å². The number of Topliss-reactive ketones (excluding diaryl/α,β-unsaturated/α-hetero) is 1. The van der Waals surface area contributed by atoms with E-state index < -0.39 is 23.5 Å². The molecule has 2 aliphatic rings. The van der Waals surface area contributed by atoms with Crippen LogP contribution in [0.4, 0.5) is 4.39 Å². The molecule has 180 valence electrons. The summed E-state index contributed by atoms with van der Waals surface area (Å²) in [7, 11) is 0. The quantitative estimate of drug-likeness (QED) is 0.382. The second kappa shape index (κ2) is 10.4. The maximum absolute atomic E-state index is 13.7. The summed E-state index contributed by atoms with van der Waals surface area (Å²) in [6.45, 7) is 7.79. The molecule has 0 saturated carbocycles. The lowest BCUT2D eigenvalue weighted by molar-refractivity contribution is -0.140. The van der Waals surface area contributed by atoms with Gasteiger partial charge in [-0.1, -0.05) is 12.1 Å². The third-order valence-electron chi connectivity index (χ3n) is 6.25. The SMILES string of the molecule is CCOc1ccc(C(O)=C2C(=O)C(=O)N(CCN3CCOCC3)[C@@H]2c2ccc(F)cc2)c(C)c1. The molecule has 0 radical (unpaired) electrons. The summed E-state index contributed by atoms with van der Waals surface area (Å²) in [5.41, 5.74) is 1.72. The fourth-order valence-corrected chi connectivity index (χ4v) is 4.48.